The van der Waals surface area contributed by atoms with Crippen LogP contribution < -0.4 is 0 Å². The van der Waals surface area contributed by atoms with E-state index in [9.17, 15) is 4.79 Å². The van der Waals surface area contributed by atoms with Gasteiger partial charge in [-0.05, 0) is 12.8 Å². The van der Waals surface area contributed by atoms with Crippen molar-refractivity contribution in [2.24, 2.45) is 0 Å². The van der Waals surface area contributed by atoms with Gasteiger partial charge in [0.05, 0.1) is 5.33 Å². The summed E-state index contributed by atoms with van der Waals surface area (Å²) in [6, 6.07) is 0. The normalized spacial score (nSPS) is 37.8. The number of carbonyl (C=O) groups excluding carboxylic acids is 1. The lowest BCUT2D eigenvalue weighted by Gasteiger charge is -2.36. The van der Waals surface area contributed by atoms with E-state index in [2.05, 4.69) is 20.3 Å². The second-order valence-electron chi connectivity index (χ2n) is 5.00. The van der Waals surface area contributed by atoms with Gasteiger partial charge in [0, 0.05) is 19.8 Å². The Labute approximate surface area is 116 Å². The molecule has 0 aromatic rings. The highest BCUT2D eigenvalue weighted by molar-refractivity contribution is 9.09. The van der Waals surface area contributed by atoms with Crippen LogP contribution in [0.15, 0.2) is 0 Å². The smallest absolute Gasteiger partial charge is 0.302 e. The first-order chi connectivity index (χ1) is 8.11. The summed E-state index contributed by atoms with van der Waals surface area (Å²) < 4.78 is 8.63. The molecular weight excluding hydrogens is 307 g/mol. The molecule has 0 aromatic heterocycles. The zero-order valence-corrected chi connectivity index (χ0v) is 12.4. The Morgan fingerprint density at radius 3 is 2.59 bits per heavy atom. The molecule has 1 aliphatic carbocycles. The number of carbonyl (C=O) groups is 1. The van der Waals surface area contributed by atoms with Crippen molar-refractivity contribution in [1.82, 2.24) is 0 Å². The topological polar surface area (TPSA) is 29.0 Å². The molecule has 0 amide bonds. The van der Waals surface area contributed by atoms with E-state index in [-0.39, 0.29) is 17.7 Å². The van der Waals surface area contributed by atoms with Gasteiger partial charge in [0.15, 0.2) is 5.60 Å². The first-order valence-corrected chi connectivity index (χ1v) is 7.76. The number of hydrogen-bond donors (Lipinski definition) is 0. The van der Waals surface area contributed by atoms with Crippen LogP contribution in [-0.2, 0) is 13.9 Å². The van der Waals surface area contributed by atoms with Gasteiger partial charge in [-0.25, -0.2) is 0 Å². The summed E-state index contributed by atoms with van der Waals surface area (Å²) in [5.41, 5.74) is 0.163. The van der Waals surface area contributed by atoms with Gasteiger partial charge >= 0.3 is 5.97 Å². The maximum atomic E-state index is 10.9. The van der Waals surface area contributed by atoms with E-state index >= 15 is 0 Å². The van der Waals surface area contributed by atoms with Gasteiger partial charge in [-0.3, -0.25) is 4.79 Å². The number of rotatable bonds is 4. The molecule has 0 aromatic carbocycles. The Hall–Kier alpha value is 0.200. The van der Waals surface area contributed by atoms with Gasteiger partial charge in [0.1, 0.15) is 12.0 Å². The molecule has 1 heterocycles. The Kier molecular flexibility index (Phi) is 4.37. The molecule has 0 radical (unpaired) electrons. The van der Waals surface area contributed by atoms with Crippen LogP contribution in [0, 0.1) is 0 Å². The van der Waals surface area contributed by atoms with E-state index < -0.39 is 0 Å². The quantitative estimate of drug-likeness (QED) is 0.344. The molecule has 2 rings (SSSR count). The molecule has 2 fully saturated rings. The van der Waals surface area contributed by atoms with Gasteiger partial charge in [-0.15, -0.1) is 11.6 Å². The predicted molar refractivity (Wildman–Crippen MR) is 71.0 cm³/mol. The molecule has 0 unspecified atom stereocenters. The summed E-state index contributed by atoms with van der Waals surface area (Å²) in [5, 5.41) is 0.949. The third-order valence-electron chi connectivity index (χ3n) is 3.80. The molecule has 0 bridgehead atoms. The molecule has 0 N–H and O–H groups in total. The van der Waals surface area contributed by atoms with Crippen LogP contribution in [0.2, 0.25) is 0 Å². The largest absolute Gasteiger partial charge is 0.463 e. The lowest BCUT2D eigenvalue weighted by molar-refractivity contribution is -0.159. The zero-order valence-electron chi connectivity index (χ0n) is 10.1. The second kappa shape index (κ2) is 5.45. The number of esters is 1. The number of epoxide rings is 1. The number of alkyl halides is 2. The summed E-state index contributed by atoms with van der Waals surface area (Å²) >= 11 is 9.51. The second-order valence-corrected chi connectivity index (χ2v) is 5.87. The molecular formula is C12H19BrClO3+. The van der Waals surface area contributed by atoms with Crippen molar-refractivity contribution in [3.63, 3.8) is 0 Å². The van der Waals surface area contributed by atoms with Gasteiger partial charge < -0.3 is 9.10 Å². The summed E-state index contributed by atoms with van der Waals surface area (Å²) in [6.45, 7) is 2.52. The molecule has 3 nitrogen and oxygen atoms in total. The molecule has 98 valence electrons. The van der Waals surface area contributed by atoms with Crippen LogP contribution in [0.1, 0.15) is 32.6 Å². The first kappa shape index (κ1) is 13.6. The van der Waals surface area contributed by atoms with Crippen LogP contribution >= 0.6 is 27.5 Å². The molecule has 2 aliphatic rings. The van der Waals surface area contributed by atoms with Crippen molar-refractivity contribution in [1.29, 1.82) is 0 Å². The highest BCUT2D eigenvalue weighted by Gasteiger charge is 2.58. The fraction of sp³-hybridized carbons (Fsp3) is 0.917. The highest BCUT2D eigenvalue weighted by atomic mass is 79.9. The minimum atomic E-state index is -0.167. The van der Waals surface area contributed by atoms with Gasteiger partial charge in [-0.1, -0.05) is 15.9 Å². The average Bonchev–Trinajstić information content (AvgIpc) is 3.09. The van der Waals surface area contributed by atoms with Crippen molar-refractivity contribution in [3.05, 3.63) is 0 Å². The summed E-state index contributed by atoms with van der Waals surface area (Å²) in [6.07, 6.45) is 4.57. The number of ether oxygens (including phenoxy) is 1. The Morgan fingerprint density at radius 1 is 1.53 bits per heavy atom. The average molecular weight is 327 g/mol. The van der Waals surface area contributed by atoms with E-state index in [0.29, 0.717) is 12.0 Å². The SMILES string of the molecule is CC(=O)OC1CCC(CBr)([O+]2C[C@@H]2CCl)CC1. The lowest BCUT2D eigenvalue weighted by Crippen LogP contribution is -2.42. The fourth-order valence-corrected chi connectivity index (χ4v) is 3.84. The van der Waals surface area contributed by atoms with E-state index in [1.165, 1.54) is 6.92 Å². The van der Waals surface area contributed by atoms with Crippen molar-refractivity contribution in [3.8, 4) is 0 Å². The Morgan fingerprint density at radius 2 is 2.18 bits per heavy atom. The zero-order chi connectivity index (χ0) is 12.5. The van der Waals surface area contributed by atoms with Crippen molar-refractivity contribution in [2.75, 3.05) is 17.8 Å². The summed E-state index contributed by atoms with van der Waals surface area (Å²) in [4.78, 5) is 10.9. The van der Waals surface area contributed by atoms with Gasteiger partial charge in [0.2, 0.25) is 12.7 Å². The van der Waals surface area contributed by atoms with Crippen LogP contribution in [0.25, 0.3) is 0 Å². The summed E-state index contributed by atoms with van der Waals surface area (Å²) in [7, 11) is 0. The summed E-state index contributed by atoms with van der Waals surface area (Å²) in [5.74, 6) is 0.520. The van der Waals surface area contributed by atoms with Gasteiger partial charge in [-0.2, -0.15) is 0 Å². The van der Waals surface area contributed by atoms with E-state index in [4.69, 9.17) is 16.3 Å². The van der Waals surface area contributed by atoms with Crippen molar-refractivity contribution in [2.45, 2.75) is 50.4 Å². The maximum absolute atomic E-state index is 10.9. The minimum absolute atomic E-state index is 0.106. The van der Waals surface area contributed by atoms with E-state index in [0.717, 1.165) is 37.6 Å². The Bertz CT molecular complexity index is 289. The van der Waals surface area contributed by atoms with Crippen LogP contribution in [0.5, 0.6) is 0 Å². The molecule has 1 saturated carbocycles. The number of halogens is 2. The molecule has 17 heavy (non-hydrogen) atoms. The first-order valence-electron chi connectivity index (χ1n) is 6.10. The molecule has 1 aliphatic heterocycles. The molecule has 5 heteroatoms. The van der Waals surface area contributed by atoms with E-state index in [1.54, 1.807) is 0 Å². The lowest BCUT2D eigenvalue weighted by atomic mass is 9.84. The minimum Gasteiger partial charge on any atom is -0.463 e. The monoisotopic (exact) mass is 325 g/mol. The van der Waals surface area contributed by atoms with Crippen LogP contribution in [0.3, 0.4) is 0 Å². The molecule has 1 atom stereocenters. The third-order valence-corrected chi connectivity index (χ3v) is 5.17. The van der Waals surface area contributed by atoms with Gasteiger partial charge in [0.25, 0.3) is 0 Å². The van der Waals surface area contributed by atoms with Crippen molar-refractivity contribution < 1.29 is 13.9 Å². The van der Waals surface area contributed by atoms with Crippen molar-refractivity contribution >= 4 is 33.5 Å². The third kappa shape index (κ3) is 2.96. The van der Waals surface area contributed by atoms with Crippen LogP contribution in [0.4, 0.5) is 0 Å². The van der Waals surface area contributed by atoms with Crippen LogP contribution in [-0.4, -0.2) is 41.6 Å². The standard InChI is InChI=1S/C12H19BrClO3/c1-9(15)16-10-2-4-12(8-13,5-3-10)17-7-11(17)6-14/h10-11H,2-8H2,1H3/q+1/t10?,11-,12?/m0/s1. The fourth-order valence-electron chi connectivity index (χ4n) is 2.75. The predicted octanol–water partition coefficient (Wildman–Crippen LogP) is 2.80. The Balaban J connectivity index is 1.89. The highest BCUT2D eigenvalue weighted by Crippen LogP contribution is 2.46. The van der Waals surface area contributed by atoms with E-state index in [1.807, 2.05) is 0 Å². The maximum Gasteiger partial charge on any atom is 0.302 e. The molecule has 0 spiro atoms. The number of hydrogen-bond acceptors (Lipinski definition) is 2. The molecule has 1 saturated heterocycles.